The lowest BCUT2D eigenvalue weighted by Gasteiger charge is -2.24. The lowest BCUT2D eigenvalue weighted by Crippen LogP contribution is -2.35. The summed E-state index contributed by atoms with van der Waals surface area (Å²) in [5.74, 6) is 0.447. The third-order valence-electron chi connectivity index (χ3n) is 2.37. The molecule has 1 heterocycles. The largest absolute Gasteiger partial charge is 0.471 e. The summed E-state index contributed by atoms with van der Waals surface area (Å²) in [6, 6.07) is 0. The van der Waals surface area contributed by atoms with E-state index in [2.05, 4.69) is 4.74 Å². The van der Waals surface area contributed by atoms with Crippen molar-refractivity contribution in [3.8, 4) is 0 Å². The first-order valence-corrected chi connectivity index (χ1v) is 5.98. The van der Waals surface area contributed by atoms with Crippen LogP contribution in [0.2, 0.25) is 0 Å². The number of nitrogens with two attached hydrogens (primary N) is 1. The van der Waals surface area contributed by atoms with Gasteiger partial charge in [-0.2, -0.15) is 0 Å². The van der Waals surface area contributed by atoms with Crippen molar-refractivity contribution in [2.45, 2.75) is 32.8 Å². The zero-order valence-corrected chi connectivity index (χ0v) is 11.6. The van der Waals surface area contributed by atoms with Crippen molar-refractivity contribution in [1.82, 2.24) is 4.90 Å². The minimum atomic E-state index is -0.405. The topological polar surface area (TPSA) is 81.9 Å². The maximum Gasteiger partial charge on any atom is 0.410 e. The normalized spacial score (nSPS) is 18.7. The molecular formula is C12H24N2O4. The fourth-order valence-electron chi connectivity index (χ4n) is 1.52. The van der Waals surface area contributed by atoms with Crippen LogP contribution < -0.4 is 5.73 Å². The first-order chi connectivity index (χ1) is 8.34. The van der Waals surface area contributed by atoms with Crippen LogP contribution in [0.1, 0.15) is 27.2 Å². The van der Waals surface area contributed by atoms with Crippen LogP contribution in [-0.2, 0) is 14.3 Å². The zero-order chi connectivity index (χ0) is 14.2. The summed E-state index contributed by atoms with van der Waals surface area (Å²) >= 11 is 0. The number of methoxy groups -OCH3 is 1. The van der Waals surface area contributed by atoms with Gasteiger partial charge < -0.3 is 20.1 Å². The van der Waals surface area contributed by atoms with Gasteiger partial charge >= 0.3 is 6.09 Å². The average molecular weight is 260 g/mol. The van der Waals surface area contributed by atoms with Crippen molar-refractivity contribution in [2.75, 3.05) is 26.7 Å². The molecule has 0 unspecified atom stereocenters. The van der Waals surface area contributed by atoms with Crippen LogP contribution >= 0.6 is 0 Å². The number of nitrogens with zero attached hydrogens (tertiary/aromatic N) is 1. The van der Waals surface area contributed by atoms with E-state index in [1.807, 2.05) is 20.8 Å². The maximum absolute atomic E-state index is 11.6. The molecule has 2 N–H and O–H groups in total. The third-order valence-corrected chi connectivity index (χ3v) is 2.37. The molecule has 0 aromatic rings. The third kappa shape index (κ3) is 7.11. The van der Waals surface area contributed by atoms with Gasteiger partial charge in [0.05, 0.1) is 7.11 Å². The Labute approximate surface area is 108 Å². The SMILES string of the molecule is CC(C)(C)OC(=O)N1CC[C@H](CN)C1.COC=O. The molecule has 1 aliphatic rings. The van der Waals surface area contributed by atoms with Crippen LogP contribution in [0.3, 0.4) is 0 Å². The summed E-state index contributed by atoms with van der Waals surface area (Å²) in [6.45, 7) is 8.17. The number of likely N-dealkylation sites (tertiary alicyclic amines) is 1. The molecule has 0 spiro atoms. The van der Waals surface area contributed by atoms with E-state index in [0.717, 1.165) is 19.5 Å². The second-order valence-corrected chi connectivity index (χ2v) is 5.15. The lowest BCUT2D eigenvalue weighted by atomic mass is 10.1. The number of carbonyl (C=O) groups excluding carboxylic acids is 2. The molecule has 1 rings (SSSR count). The molecule has 1 amide bonds. The Morgan fingerprint density at radius 3 is 2.39 bits per heavy atom. The Bertz CT molecular complexity index is 263. The van der Waals surface area contributed by atoms with E-state index >= 15 is 0 Å². The predicted octanol–water partition coefficient (Wildman–Crippen LogP) is 0.991. The molecule has 0 aliphatic carbocycles. The minimum Gasteiger partial charge on any atom is -0.471 e. The Kier molecular flexibility index (Phi) is 7.35. The Balaban J connectivity index is 0.000000631. The molecule has 1 fully saturated rings. The van der Waals surface area contributed by atoms with E-state index in [9.17, 15) is 4.79 Å². The highest BCUT2D eigenvalue weighted by atomic mass is 16.6. The molecule has 6 heteroatoms. The summed E-state index contributed by atoms with van der Waals surface area (Å²) in [4.78, 5) is 22.3. The van der Waals surface area contributed by atoms with Crippen molar-refractivity contribution < 1.29 is 19.1 Å². The van der Waals surface area contributed by atoms with E-state index in [0.29, 0.717) is 18.9 Å². The second kappa shape index (κ2) is 7.92. The van der Waals surface area contributed by atoms with Crippen LogP contribution in [0.25, 0.3) is 0 Å². The standard InChI is InChI=1S/C10H20N2O2.C2H4O2/c1-10(2,3)14-9(13)12-5-4-8(6-11)7-12;1-4-2-3/h8H,4-7,11H2,1-3H3;2H,1H3/t8-;/m1./s1. The molecule has 18 heavy (non-hydrogen) atoms. The molecule has 1 saturated heterocycles. The molecular weight excluding hydrogens is 236 g/mol. The quantitative estimate of drug-likeness (QED) is 0.749. The van der Waals surface area contributed by atoms with Gasteiger partial charge in [-0.05, 0) is 39.7 Å². The molecule has 6 nitrogen and oxygen atoms in total. The fraction of sp³-hybridized carbons (Fsp3) is 0.833. The highest BCUT2D eigenvalue weighted by Gasteiger charge is 2.28. The number of rotatable bonds is 2. The first kappa shape index (κ1) is 16.7. The van der Waals surface area contributed by atoms with Gasteiger partial charge in [0.2, 0.25) is 0 Å². The second-order valence-electron chi connectivity index (χ2n) is 5.15. The molecule has 106 valence electrons. The molecule has 0 bridgehead atoms. The number of ether oxygens (including phenoxy) is 2. The zero-order valence-electron chi connectivity index (χ0n) is 11.6. The van der Waals surface area contributed by atoms with Crippen LogP contribution in [0.15, 0.2) is 0 Å². The Morgan fingerprint density at radius 1 is 1.50 bits per heavy atom. The number of hydrogen-bond donors (Lipinski definition) is 1. The molecule has 0 saturated carbocycles. The molecule has 1 atom stereocenters. The van der Waals surface area contributed by atoms with E-state index in [1.165, 1.54) is 7.11 Å². The predicted molar refractivity (Wildman–Crippen MR) is 68.0 cm³/mol. The Morgan fingerprint density at radius 2 is 2.06 bits per heavy atom. The van der Waals surface area contributed by atoms with Crippen molar-refractivity contribution in [3.63, 3.8) is 0 Å². The van der Waals surface area contributed by atoms with E-state index < -0.39 is 5.60 Å². The average Bonchev–Trinajstić information content (AvgIpc) is 2.76. The van der Waals surface area contributed by atoms with Crippen molar-refractivity contribution >= 4 is 12.6 Å². The first-order valence-electron chi connectivity index (χ1n) is 5.98. The van der Waals surface area contributed by atoms with Gasteiger partial charge in [0, 0.05) is 13.1 Å². The molecule has 0 aromatic heterocycles. The number of hydrogen-bond acceptors (Lipinski definition) is 5. The van der Waals surface area contributed by atoms with Gasteiger partial charge in [0.15, 0.2) is 0 Å². The van der Waals surface area contributed by atoms with Gasteiger partial charge in [-0.3, -0.25) is 4.79 Å². The summed E-state index contributed by atoms with van der Waals surface area (Å²) in [7, 11) is 1.31. The van der Waals surface area contributed by atoms with Gasteiger partial charge in [0.25, 0.3) is 6.47 Å². The van der Waals surface area contributed by atoms with Gasteiger partial charge in [-0.25, -0.2) is 4.79 Å². The van der Waals surface area contributed by atoms with Gasteiger partial charge in [-0.15, -0.1) is 0 Å². The van der Waals surface area contributed by atoms with Crippen LogP contribution in [0, 0.1) is 5.92 Å². The van der Waals surface area contributed by atoms with E-state index in [1.54, 1.807) is 4.90 Å². The summed E-state index contributed by atoms with van der Waals surface area (Å²) in [5, 5.41) is 0. The van der Waals surface area contributed by atoms with E-state index in [-0.39, 0.29) is 6.09 Å². The highest BCUT2D eigenvalue weighted by molar-refractivity contribution is 5.68. The van der Waals surface area contributed by atoms with Crippen LogP contribution in [0.4, 0.5) is 4.79 Å². The van der Waals surface area contributed by atoms with Gasteiger partial charge in [-0.1, -0.05) is 0 Å². The molecule has 1 aliphatic heterocycles. The number of amides is 1. The molecule has 0 aromatic carbocycles. The molecule has 0 radical (unpaired) electrons. The summed E-state index contributed by atoms with van der Waals surface area (Å²) in [5.41, 5.74) is 5.14. The summed E-state index contributed by atoms with van der Waals surface area (Å²) < 4.78 is 9.12. The van der Waals surface area contributed by atoms with Crippen molar-refractivity contribution in [2.24, 2.45) is 11.7 Å². The van der Waals surface area contributed by atoms with Crippen LogP contribution in [-0.4, -0.2) is 49.8 Å². The fourth-order valence-corrected chi connectivity index (χ4v) is 1.52. The highest BCUT2D eigenvalue weighted by Crippen LogP contribution is 2.18. The number of carbonyl (C=O) groups is 2. The van der Waals surface area contributed by atoms with Gasteiger partial charge in [0.1, 0.15) is 5.60 Å². The van der Waals surface area contributed by atoms with Crippen molar-refractivity contribution in [3.05, 3.63) is 0 Å². The smallest absolute Gasteiger partial charge is 0.410 e. The monoisotopic (exact) mass is 260 g/mol. The maximum atomic E-state index is 11.6. The lowest BCUT2D eigenvalue weighted by molar-refractivity contribution is -0.126. The minimum absolute atomic E-state index is 0.214. The Hall–Kier alpha value is -1.30. The summed E-state index contributed by atoms with van der Waals surface area (Å²) in [6.07, 6.45) is 0.781. The van der Waals surface area contributed by atoms with Crippen molar-refractivity contribution in [1.29, 1.82) is 0 Å². The van der Waals surface area contributed by atoms with E-state index in [4.69, 9.17) is 15.3 Å². The van der Waals surface area contributed by atoms with Crippen LogP contribution in [0.5, 0.6) is 0 Å².